The van der Waals surface area contributed by atoms with Gasteiger partial charge >= 0.3 is 5.97 Å². The number of rotatable bonds is 5. The molecule has 0 fully saturated rings. The van der Waals surface area contributed by atoms with Crippen LogP contribution in [0, 0.1) is 0 Å². The highest BCUT2D eigenvalue weighted by Gasteiger charge is 2.37. The van der Waals surface area contributed by atoms with Crippen LogP contribution < -0.4 is 4.74 Å². The fraction of sp³-hybridized carbons (Fsp3) is 0.462. The topological polar surface area (TPSA) is 79.7 Å². The predicted molar refractivity (Wildman–Crippen MR) is 69.2 cm³/mol. The summed E-state index contributed by atoms with van der Waals surface area (Å²) in [4.78, 5) is 28.9. The highest BCUT2D eigenvalue weighted by Crippen LogP contribution is 2.23. The molecule has 1 heterocycles. The van der Waals surface area contributed by atoms with Gasteiger partial charge in [-0.05, 0) is 26.8 Å². The molecule has 0 aliphatic heterocycles. The summed E-state index contributed by atoms with van der Waals surface area (Å²) >= 11 is 0. The number of methoxy groups -OCH3 is 1. The number of nitrogens with zero attached hydrogens (tertiary/aromatic N) is 2. The van der Waals surface area contributed by atoms with Crippen LogP contribution in [0.4, 0.5) is 0 Å². The number of hydrogen-bond donors (Lipinski definition) is 1. The van der Waals surface area contributed by atoms with Crippen molar-refractivity contribution >= 4 is 11.9 Å². The highest BCUT2D eigenvalue weighted by molar-refractivity contribution is 5.99. The Labute approximate surface area is 112 Å². The average Bonchev–Trinajstić information content (AvgIpc) is 2.38. The van der Waals surface area contributed by atoms with Crippen LogP contribution in [0.3, 0.4) is 0 Å². The summed E-state index contributed by atoms with van der Waals surface area (Å²) in [6.07, 6.45) is 2.90. The lowest BCUT2D eigenvalue weighted by Gasteiger charge is -2.34. The molecule has 0 aliphatic rings. The zero-order valence-corrected chi connectivity index (χ0v) is 11.5. The molecule has 0 atom stereocenters. The third-order valence-corrected chi connectivity index (χ3v) is 2.99. The smallest absolute Gasteiger partial charge is 0.329 e. The van der Waals surface area contributed by atoms with Crippen LogP contribution in [0.1, 0.15) is 31.1 Å². The second-order valence-electron chi connectivity index (χ2n) is 4.49. The minimum absolute atomic E-state index is 0.281. The van der Waals surface area contributed by atoms with E-state index in [2.05, 4.69) is 4.98 Å². The van der Waals surface area contributed by atoms with Crippen molar-refractivity contribution in [2.24, 2.45) is 0 Å². The zero-order chi connectivity index (χ0) is 14.6. The molecular formula is C13H18N2O4. The first-order chi connectivity index (χ1) is 8.86. The second kappa shape index (κ2) is 5.69. The maximum Gasteiger partial charge on any atom is 0.329 e. The molecule has 0 saturated carbocycles. The molecule has 19 heavy (non-hydrogen) atoms. The minimum atomic E-state index is -1.29. The van der Waals surface area contributed by atoms with Crippen LogP contribution >= 0.6 is 0 Å². The number of ether oxygens (including phenoxy) is 1. The third kappa shape index (κ3) is 2.83. The molecule has 0 aliphatic carbocycles. The fourth-order valence-electron chi connectivity index (χ4n) is 1.77. The van der Waals surface area contributed by atoms with Crippen molar-refractivity contribution < 1.29 is 19.4 Å². The highest BCUT2D eigenvalue weighted by atomic mass is 16.5. The van der Waals surface area contributed by atoms with Gasteiger partial charge in [-0.1, -0.05) is 0 Å². The molecule has 1 aromatic rings. The predicted octanol–water partition coefficient (Wildman–Crippen LogP) is 1.42. The Kier molecular flexibility index (Phi) is 4.47. The van der Waals surface area contributed by atoms with Crippen molar-refractivity contribution in [1.29, 1.82) is 0 Å². The van der Waals surface area contributed by atoms with Gasteiger partial charge in [-0.15, -0.1) is 0 Å². The number of pyridine rings is 1. The Morgan fingerprint density at radius 3 is 2.58 bits per heavy atom. The van der Waals surface area contributed by atoms with Gasteiger partial charge in [0.2, 0.25) is 0 Å². The van der Waals surface area contributed by atoms with Gasteiger partial charge in [0, 0.05) is 12.7 Å². The number of amides is 1. The molecule has 0 unspecified atom stereocenters. The van der Waals surface area contributed by atoms with Gasteiger partial charge in [-0.2, -0.15) is 0 Å². The van der Waals surface area contributed by atoms with Crippen molar-refractivity contribution in [2.45, 2.75) is 26.3 Å². The van der Waals surface area contributed by atoms with Gasteiger partial charge in [-0.3, -0.25) is 9.78 Å². The van der Waals surface area contributed by atoms with E-state index in [0.717, 1.165) is 0 Å². The van der Waals surface area contributed by atoms with E-state index in [1.165, 1.54) is 44.3 Å². The summed E-state index contributed by atoms with van der Waals surface area (Å²) in [5.41, 5.74) is -0.992. The molecule has 1 amide bonds. The molecule has 6 heteroatoms. The van der Waals surface area contributed by atoms with Crippen molar-refractivity contribution in [3.8, 4) is 5.75 Å². The van der Waals surface area contributed by atoms with E-state index in [0.29, 0.717) is 11.3 Å². The van der Waals surface area contributed by atoms with E-state index in [9.17, 15) is 14.7 Å². The standard InChI is InChI=1S/C13H18N2O4/c1-5-15(13(2,3)12(17)18)11(16)9-6-7-14-8-10(9)19-4/h6-8H,5H2,1-4H3,(H,17,18). The Morgan fingerprint density at radius 1 is 1.47 bits per heavy atom. The molecule has 1 rings (SSSR count). The van der Waals surface area contributed by atoms with Crippen LogP contribution in [0.15, 0.2) is 18.5 Å². The molecule has 0 aromatic carbocycles. The minimum Gasteiger partial charge on any atom is -0.494 e. The first kappa shape index (κ1) is 14.9. The summed E-state index contributed by atoms with van der Waals surface area (Å²) in [5.74, 6) is -1.13. The lowest BCUT2D eigenvalue weighted by atomic mass is 10.0. The number of carbonyl (C=O) groups is 2. The number of aliphatic carboxylic acids is 1. The molecule has 1 N–H and O–H groups in total. The van der Waals surface area contributed by atoms with E-state index in [1.807, 2.05) is 0 Å². The molecule has 0 radical (unpaired) electrons. The molecule has 0 bridgehead atoms. The number of carboxylic acids is 1. The molecule has 0 saturated heterocycles. The zero-order valence-electron chi connectivity index (χ0n) is 11.5. The first-order valence-electron chi connectivity index (χ1n) is 5.89. The van der Waals surface area contributed by atoms with Gasteiger partial charge in [0.25, 0.3) is 5.91 Å². The SMILES string of the molecule is CCN(C(=O)c1ccncc1OC)C(C)(C)C(=O)O. The third-order valence-electron chi connectivity index (χ3n) is 2.99. The first-order valence-corrected chi connectivity index (χ1v) is 5.89. The fourth-order valence-corrected chi connectivity index (χ4v) is 1.77. The van der Waals surface area contributed by atoms with Crippen molar-refractivity contribution in [3.63, 3.8) is 0 Å². The van der Waals surface area contributed by atoms with E-state index >= 15 is 0 Å². The van der Waals surface area contributed by atoms with Gasteiger partial charge in [0.15, 0.2) is 0 Å². The number of likely N-dealkylation sites (N-methyl/N-ethyl adjacent to an activating group) is 1. The summed E-state index contributed by atoms with van der Waals surface area (Å²) in [6, 6.07) is 1.52. The van der Waals surface area contributed by atoms with Crippen LogP contribution in [0.25, 0.3) is 0 Å². The van der Waals surface area contributed by atoms with Crippen LogP contribution in [0.2, 0.25) is 0 Å². The Balaban J connectivity index is 3.20. The molecule has 0 spiro atoms. The Hall–Kier alpha value is -2.11. The van der Waals surface area contributed by atoms with Crippen molar-refractivity contribution in [1.82, 2.24) is 9.88 Å². The van der Waals surface area contributed by atoms with Gasteiger partial charge in [0.05, 0.1) is 18.9 Å². The number of carboxylic acid groups (broad SMARTS) is 1. The number of carbonyl (C=O) groups excluding carboxylic acids is 1. The molecule has 1 aromatic heterocycles. The number of hydrogen-bond acceptors (Lipinski definition) is 4. The summed E-state index contributed by atoms with van der Waals surface area (Å²) in [5, 5.41) is 9.23. The normalized spacial score (nSPS) is 10.9. The van der Waals surface area contributed by atoms with Gasteiger partial charge < -0.3 is 14.7 Å². The quantitative estimate of drug-likeness (QED) is 0.871. The van der Waals surface area contributed by atoms with E-state index in [-0.39, 0.29) is 6.54 Å². The van der Waals surface area contributed by atoms with E-state index in [1.54, 1.807) is 6.92 Å². The van der Waals surface area contributed by atoms with Crippen molar-refractivity contribution in [3.05, 3.63) is 24.0 Å². The largest absolute Gasteiger partial charge is 0.494 e. The molecule has 104 valence electrons. The maximum absolute atomic E-state index is 12.5. The lowest BCUT2D eigenvalue weighted by molar-refractivity contribution is -0.147. The van der Waals surface area contributed by atoms with Gasteiger partial charge in [0.1, 0.15) is 11.3 Å². The van der Waals surface area contributed by atoms with E-state index in [4.69, 9.17) is 4.74 Å². The number of aromatic nitrogens is 1. The summed E-state index contributed by atoms with van der Waals surface area (Å²) in [6.45, 7) is 4.99. The monoisotopic (exact) mass is 266 g/mol. The Morgan fingerprint density at radius 2 is 2.11 bits per heavy atom. The van der Waals surface area contributed by atoms with Crippen molar-refractivity contribution in [2.75, 3.05) is 13.7 Å². The molecule has 6 nitrogen and oxygen atoms in total. The van der Waals surface area contributed by atoms with Gasteiger partial charge in [-0.25, -0.2) is 4.79 Å². The van der Waals surface area contributed by atoms with E-state index < -0.39 is 17.4 Å². The second-order valence-corrected chi connectivity index (χ2v) is 4.49. The van der Waals surface area contributed by atoms with Crippen LogP contribution in [-0.2, 0) is 4.79 Å². The summed E-state index contributed by atoms with van der Waals surface area (Å²) in [7, 11) is 1.44. The Bertz CT molecular complexity index is 485. The maximum atomic E-state index is 12.5. The lowest BCUT2D eigenvalue weighted by Crippen LogP contribution is -2.52. The van der Waals surface area contributed by atoms with Crippen LogP contribution in [0.5, 0.6) is 5.75 Å². The molecular weight excluding hydrogens is 248 g/mol. The van der Waals surface area contributed by atoms with Crippen LogP contribution in [-0.4, -0.2) is 46.1 Å². The summed E-state index contributed by atoms with van der Waals surface area (Å²) < 4.78 is 5.08. The average molecular weight is 266 g/mol.